The number of piperazine rings is 1. The molecule has 144 valence electrons. The third-order valence-electron chi connectivity index (χ3n) is 5.14. The highest BCUT2D eigenvalue weighted by Gasteiger charge is 2.22. The van der Waals surface area contributed by atoms with Crippen LogP contribution in [0, 0.1) is 0 Å². The molecule has 1 fully saturated rings. The van der Waals surface area contributed by atoms with Crippen LogP contribution in [-0.2, 0) is 31.0 Å². The highest BCUT2D eigenvalue weighted by molar-refractivity contribution is 5.85. The van der Waals surface area contributed by atoms with E-state index in [0.717, 1.165) is 51.4 Å². The van der Waals surface area contributed by atoms with Crippen LogP contribution in [0.25, 0.3) is 0 Å². The van der Waals surface area contributed by atoms with Crippen LogP contribution in [0.3, 0.4) is 0 Å². The van der Waals surface area contributed by atoms with Crippen LogP contribution >= 0.6 is 12.4 Å². The fourth-order valence-electron chi connectivity index (χ4n) is 3.60. The molecule has 2 aliphatic heterocycles. The first kappa shape index (κ1) is 19.7. The summed E-state index contributed by atoms with van der Waals surface area (Å²) >= 11 is 0. The Morgan fingerprint density at radius 3 is 2.44 bits per heavy atom. The van der Waals surface area contributed by atoms with Crippen LogP contribution in [0.2, 0.25) is 0 Å². The van der Waals surface area contributed by atoms with Crippen molar-refractivity contribution in [2.75, 3.05) is 26.2 Å². The highest BCUT2D eigenvalue weighted by Crippen LogP contribution is 2.18. The van der Waals surface area contributed by atoms with Crippen LogP contribution in [0.4, 0.5) is 4.79 Å². The molecule has 0 spiro atoms. The van der Waals surface area contributed by atoms with Gasteiger partial charge in [-0.2, -0.15) is 0 Å². The Labute approximate surface area is 166 Å². The van der Waals surface area contributed by atoms with Crippen molar-refractivity contribution in [2.24, 2.45) is 0 Å². The normalized spacial score (nSPS) is 16.5. The maximum atomic E-state index is 12.2. The van der Waals surface area contributed by atoms with E-state index in [1.165, 1.54) is 16.7 Å². The van der Waals surface area contributed by atoms with Gasteiger partial charge in [0.1, 0.15) is 6.61 Å². The number of benzene rings is 2. The van der Waals surface area contributed by atoms with E-state index in [2.05, 4.69) is 28.4 Å². The predicted molar refractivity (Wildman–Crippen MR) is 108 cm³/mol. The largest absolute Gasteiger partial charge is 0.445 e. The summed E-state index contributed by atoms with van der Waals surface area (Å²) in [4.78, 5) is 16.5. The van der Waals surface area contributed by atoms with Crippen LogP contribution in [0.5, 0.6) is 0 Å². The second-order valence-corrected chi connectivity index (χ2v) is 7.01. The quantitative estimate of drug-likeness (QED) is 0.875. The van der Waals surface area contributed by atoms with E-state index in [-0.39, 0.29) is 18.5 Å². The molecule has 0 aromatic heterocycles. The molecule has 2 heterocycles. The van der Waals surface area contributed by atoms with Crippen molar-refractivity contribution in [1.29, 1.82) is 0 Å². The standard InChI is InChI=1S/C21H25N3O2.ClH/c25-21(26-16-17-4-2-1-3-5-17)24-10-8-23(9-11-24)15-18-6-7-19-13-22-14-20(19)12-18;/h1-7,12,22H,8-11,13-16H2;1H. The Kier molecular flexibility index (Phi) is 6.72. The van der Waals surface area contributed by atoms with Gasteiger partial charge < -0.3 is 15.0 Å². The van der Waals surface area contributed by atoms with E-state index in [1.807, 2.05) is 35.2 Å². The van der Waals surface area contributed by atoms with Crippen molar-refractivity contribution in [3.05, 3.63) is 70.8 Å². The summed E-state index contributed by atoms with van der Waals surface area (Å²) in [6.07, 6.45) is -0.211. The molecule has 2 aliphatic rings. The molecule has 1 amide bonds. The summed E-state index contributed by atoms with van der Waals surface area (Å²) in [5, 5.41) is 3.39. The zero-order valence-electron chi connectivity index (χ0n) is 15.4. The van der Waals surface area contributed by atoms with Gasteiger partial charge in [-0.25, -0.2) is 4.79 Å². The van der Waals surface area contributed by atoms with Crippen LogP contribution in [-0.4, -0.2) is 42.1 Å². The number of amides is 1. The van der Waals surface area contributed by atoms with Gasteiger partial charge in [-0.05, 0) is 22.3 Å². The monoisotopic (exact) mass is 387 g/mol. The van der Waals surface area contributed by atoms with E-state index in [1.54, 1.807) is 0 Å². The lowest BCUT2D eigenvalue weighted by molar-refractivity contribution is 0.0700. The van der Waals surface area contributed by atoms with Gasteiger partial charge in [-0.3, -0.25) is 4.90 Å². The Balaban J connectivity index is 0.00000210. The first-order valence-electron chi connectivity index (χ1n) is 9.27. The van der Waals surface area contributed by atoms with Crippen molar-refractivity contribution < 1.29 is 9.53 Å². The van der Waals surface area contributed by atoms with Crippen LogP contribution in [0.15, 0.2) is 48.5 Å². The van der Waals surface area contributed by atoms with Gasteiger partial charge in [-0.15, -0.1) is 12.4 Å². The lowest BCUT2D eigenvalue weighted by atomic mass is 10.1. The molecule has 0 radical (unpaired) electrons. The van der Waals surface area contributed by atoms with Crippen LogP contribution in [0.1, 0.15) is 22.3 Å². The van der Waals surface area contributed by atoms with Crippen molar-refractivity contribution in [2.45, 2.75) is 26.2 Å². The molecule has 1 saturated heterocycles. The fraction of sp³-hybridized carbons (Fsp3) is 0.381. The number of nitrogens with one attached hydrogen (secondary N) is 1. The molecule has 0 bridgehead atoms. The summed E-state index contributed by atoms with van der Waals surface area (Å²) in [5.74, 6) is 0. The molecule has 1 N–H and O–H groups in total. The van der Waals surface area contributed by atoms with Gasteiger partial charge >= 0.3 is 6.09 Å². The van der Waals surface area contributed by atoms with Gasteiger partial charge in [0, 0.05) is 45.8 Å². The zero-order valence-corrected chi connectivity index (χ0v) is 16.2. The van der Waals surface area contributed by atoms with Crippen molar-refractivity contribution in [3.8, 4) is 0 Å². The van der Waals surface area contributed by atoms with E-state index < -0.39 is 0 Å². The molecule has 0 unspecified atom stereocenters. The summed E-state index contributed by atoms with van der Waals surface area (Å²) in [6, 6.07) is 16.6. The third kappa shape index (κ3) is 5.01. The minimum Gasteiger partial charge on any atom is -0.445 e. The van der Waals surface area contributed by atoms with Gasteiger partial charge in [0.15, 0.2) is 0 Å². The Morgan fingerprint density at radius 1 is 0.926 bits per heavy atom. The second-order valence-electron chi connectivity index (χ2n) is 7.01. The van der Waals surface area contributed by atoms with Crippen molar-refractivity contribution in [3.63, 3.8) is 0 Å². The molecule has 2 aromatic carbocycles. The molecule has 5 nitrogen and oxygen atoms in total. The fourth-order valence-corrected chi connectivity index (χ4v) is 3.60. The summed E-state index contributed by atoms with van der Waals surface area (Å²) in [5.41, 5.74) is 5.21. The Morgan fingerprint density at radius 2 is 1.67 bits per heavy atom. The van der Waals surface area contributed by atoms with Gasteiger partial charge in [0.05, 0.1) is 0 Å². The number of nitrogens with zero attached hydrogens (tertiary/aromatic N) is 2. The van der Waals surface area contributed by atoms with Gasteiger partial charge in [0.25, 0.3) is 0 Å². The Hall–Kier alpha value is -2.08. The lowest BCUT2D eigenvalue weighted by Crippen LogP contribution is -2.48. The van der Waals surface area contributed by atoms with Crippen LogP contribution < -0.4 is 5.32 Å². The maximum absolute atomic E-state index is 12.2. The number of fused-ring (bicyclic) bond motifs is 1. The maximum Gasteiger partial charge on any atom is 0.410 e. The van der Waals surface area contributed by atoms with E-state index in [0.29, 0.717) is 6.61 Å². The first-order valence-corrected chi connectivity index (χ1v) is 9.27. The smallest absolute Gasteiger partial charge is 0.410 e. The number of carbonyl (C=O) groups excluding carboxylic acids is 1. The summed E-state index contributed by atoms with van der Waals surface area (Å²) in [7, 11) is 0. The number of rotatable bonds is 4. The van der Waals surface area contributed by atoms with E-state index in [9.17, 15) is 4.79 Å². The molecule has 0 atom stereocenters. The molecule has 27 heavy (non-hydrogen) atoms. The van der Waals surface area contributed by atoms with E-state index >= 15 is 0 Å². The zero-order chi connectivity index (χ0) is 17.8. The molecule has 0 saturated carbocycles. The minimum atomic E-state index is -0.211. The molecular formula is C21H26ClN3O2. The van der Waals surface area contributed by atoms with E-state index in [4.69, 9.17) is 4.74 Å². The van der Waals surface area contributed by atoms with Crippen molar-refractivity contribution in [1.82, 2.24) is 15.1 Å². The summed E-state index contributed by atoms with van der Waals surface area (Å²) in [6.45, 7) is 6.46. The molecule has 0 aliphatic carbocycles. The highest BCUT2D eigenvalue weighted by atomic mass is 35.5. The Bertz CT molecular complexity index is 761. The molecular weight excluding hydrogens is 362 g/mol. The average molecular weight is 388 g/mol. The second kappa shape index (κ2) is 9.22. The third-order valence-corrected chi connectivity index (χ3v) is 5.14. The summed E-state index contributed by atoms with van der Waals surface area (Å²) < 4.78 is 5.43. The SMILES string of the molecule is Cl.O=C(OCc1ccccc1)N1CCN(Cc2ccc3c(c2)CNC3)CC1. The topological polar surface area (TPSA) is 44.8 Å². The predicted octanol–water partition coefficient (Wildman–Crippen LogP) is 3.17. The lowest BCUT2D eigenvalue weighted by Gasteiger charge is -2.34. The first-order chi connectivity index (χ1) is 12.8. The number of hydrogen-bond acceptors (Lipinski definition) is 4. The van der Waals surface area contributed by atoms with Crippen molar-refractivity contribution >= 4 is 18.5 Å². The number of halogens is 1. The molecule has 2 aromatic rings. The molecule has 6 heteroatoms. The minimum absolute atomic E-state index is 0. The van der Waals surface area contributed by atoms with Gasteiger partial charge in [-0.1, -0.05) is 48.5 Å². The molecule has 4 rings (SSSR count). The van der Waals surface area contributed by atoms with Gasteiger partial charge in [0.2, 0.25) is 0 Å². The number of ether oxygens (including phenoxy) is 1. The number of hydrogen-bond donors (Lipinski definition) is 1. The number of carbonyl (C=O) groups is 1. The average Bonchev–Trinajstić information content (AvgIpc) is 3.15.